The van der Waals surface area contributed by atoms with Gasteiger partial charge in [0.05, 0.1) is 35.5 Å². The highest BCUT2D eigenvalue weighted by atomic mass is 32.2. The molecule has 1 aliphatic heterocycles. The number of amides is 1. The monoisotopic (exact) mass is 538 g/mol. The van der Waals surface area contributed by atoms with Crippen LogP contribution in [-0.2, 0) is 20.4 Å². The van der Waals surface area contributed by atoms with Crippen molar-refractivity contribution >= 4 is 42.5 Å². The Bertz CT molecular complexity index is 972. The molecule has 3 rings (SSSR count). The van der Waals surface area contributed by atoms with E-state index in [2.05, 4.69) is 69.9 Å². The fourth-order valence-corrected chi connectivity index (χ4v) is 6.38. The van der Waals surface area contributed by atoms with Crippen LogP contribution in [0.3, 0.4) is 0 Å². The van der Waals surface area contributed by atoms with Crippen LogP contribution in [0.5, 0.6) is 0 Å². The molecule has 0 unspecified atom stereocenters. The molecule has 7 nitrogen and oxygen atoms in total. The third kappa shape index (κ3) is 7.64. The summed E-state index contributed by atoms with van der Waals surface area (Å²) >= 11 is 3.20. The first-order valence-corrected chi connectivity index (χ1v) is 17.2. The van der Waals surface area contributed by atoms with E-state index in [1.807, 2.05) is 17.3 Å². The van der Waals surface area contributed by atoms with Crippen LogP contribution in [0.15, 0.2) is 21.0 Å². The molecule has 2 aromatic heterocycles. The summed E-state index contributed by atoms with van der Waals surface area (Å²) in [7, 11) is -1.89. The van der Waals surface area contributed by atoms with Gasteiger partial charge in [-0.1, -0.05) is 52.9 Å². The molecule has 1 fully saturated rings. The minimum Gasteiger partial charge on any atom is -0.444 e. The second-order valence-electron chi connectivity index (χ2n) is 11.7. The number of thioether (sulfide) groups is 1. The number of thiazole rings is 1. The fraction of sp³-hybridized carbons (Fsp3) is 0.720. The number of hydrogen-bond donors (Lipinski definition) is 1. The van der Waals surface area contributed by atoms with Gasteiger partial charge < -0.3 is 14.2 Å². The Hall–Kier alpha value is -1.20. The number of carbonyl (C=O) groups is 1. The van der Waals surface area contributed by atoms with Gasteiger partial charge in [0.25, 0.3) is 0 Å². The molecule has 3 heterocycles. The Morgan fingerprint density at radius 2 is 1.89 bits per heavy atom. The normalized spacial score (nSPS) is 16.0. The van der Waals surface area contributed by atoms with Gasteiger partial charge in [0.2, 0.25) is 11.8 Å². The van der Waals surface area contributed by atoms with Crippen LogP contribution in [0.25, 0.3) is 0 Å². The fourth-order valence-electron chi connectivity index (χ4n) is 3.50. The SMILES string of the molecule is CC(C)(C)c1cnc(CSc2cnc(N(CCO[Si](C)(C)C(C)(C)C)C(=O)C3CCNCC3)s2)o1. The maximum atomic E-state index is 13.5. The van der Waals surface area contributed by atoms with E-state index >= 15 is 0 Å². The van der Waals surface area contributed by atoms with Crippen molar-refractivity contribution in [2.75, 3.05) is 31.1 Å². The first-order chi connectivity index (χ1) is 16.3. The molecule has 0 saturated carbocycles. The Balaban J connectivity index is 1.68. The summed E-state index contributed by atoms with van der Waals surface area (Å²) < 4.78 is 13.4. The van der Waals surface area contributed by atoms with Crippen LogP contribution in [-0.4, -0.2) is 50.4 Å². The van der Waals surface area contributed by atoms with E-state index in [0.717, 1.165) is 41.0 Å². The number of carbonyl (C=O) groups excluding carboxylic acids is 1. The molecular weight excluding hydrogens is 497 g/mol. The van der Waals surface area contributed by atoms with E-state index in [4.69, 9.17) is 8.84 Å². The average Bonchev–Trinajstić information content (AvgIpc) is 3.44. The minimum absolute atomic E-state index is 0.0345. The Morgan fingerprint density at radius 1 is 1.20 bits per heavy atom. The van der Waals surface area contributed by atoms with Crippen LogP contribution in [0.1, 0.15) is 66.0 Å². The summed E-state index contributed by atoms with van der Waals surface area (Å²) in [5.41, 5.74) is -0.0600. The van der Waals surface area contributed by atoms with Crippen molar-refractivity contribution in [1.82, 2.24) is 15.3 Å². The van der Waals surface area contributed by atoms with Crippen LogP contribution in [0.2, 0.25) is 18.1 Å². The van der Waals surface area contributed by atoms with E-state index in [1.54, 1.807) is 23.1 Å². The molecule has 0 bridgehead atoms. The first-order valence-electron chi connectivity index (χ1n) is 12.5. The van der Waals surface area contributed by atoms with Crippen LogP contribution in [0, 0.1) is 5.92 Å². The van der Waals surface area contributed by atoms with Gasteiger partial charge in [0.1, 0.15) is 5.76 Å². The van der Waals surface area contributed by atoms with Gasteiger partial charge in [-0.25, -0.2) is 9.97 Å². The quantitative estimate of drug-likeness (QED) is 0.306. The molecule has 2 aromatic rings. The molecule has 1 N–H and O–H groups in total. The highest BCUT2D eigenvalue weighted by Crippen LogP contribution is 2.37. The summed E-state index contributed by atoms with van der Waals surface area (Å²) in [5, 5.41) is 4.24. The van der Waals surface area contributed by atoms with Crippen LogP contribution >= 0.6 is 23.1 Å². The number of hydrogen-bond acceptors (Lipinski definition) is 8. The number of nitrogens with one attached hydrogen (secondary N) is 1. The molecule has 35 heavy (non-hydrogen) atoms. The number of piperidine rings is 1. The van der Waals surface area contributed by atoms with Gasteiger partial charge in [0, 0.05) is 11.3 Å². The zero-order valence-corrected chi connectivity index (χ0v) is 25.2. The largest absolute Gasteiger partial charge is 0.444 e. The summed E-state index contributed by atoms with van der Waals surface area (Å²) in [6, 6.07) is 0. The zero-order valence-electron chi connectivity index (χ0n) is 22.6. The van der Waals surface area contributed by atoms with E-state index in [-0.39, 0.29) is 22.3 Å². The van der Waals surface area contributed by atoms with Gasteiger partial charge in [0.15, 0.2) is 13.4 Å². The maximum Gasteiger partial charge on any atom is 0.232 e. The van der Waals surface area contributed by atoms with Gasteiger partial charge in [-0.05, 0) is 44.1 Å². The lowest BCUT2D eigenvalue weighted by atomic mass is 9.94. The predicted molar refractivity (Wildman–Crippen MR) is 148 cm³/mol. The lowest BCUT2D eigenvalue weighted by Gasteiger charge is -2.37. The summed E-state index contributed by atoms with van der Waals surface area (Å²) in [6.07, 6.45) is 5.41. The van der Waals surface area contributed by atoms with E-state index in [9.17, 15) is 4.79 Å². The zero-order chi connectivity index (χ0) is 25.9. The minimum atomic E-state index is -1.89. The summed E-state index contributed by atoms with van der Waals surface area (Å²) in [4.78, 5) is 24.5. The van der Waals surface area contributed by atoms with Gasteiger partial charge >= 0.3 is 0 Å². The number of oxazole rings is 1. The van der Waals surface area contributed by atoms with Gasteiger partial charge in [-0.2, -0.15) is 0 Å². The number of nitrogens with zero attached hydrogens (tertiary/aromatic N) is 3. The topological polar surface area (TPSA) is 80.5 Å². The van der Waals surface area contributed by atoms with Crippen molar-refractivity contribution in [3.63, 3.8) is 0 Å². The van der Waals surface area contributed by atoms with Crippen molar-refractivity contribution < 1.29 is 13.6 Å². The molecule has 0 aliphatic carbocycles. The Morgan fingerprint density at radius 3 is 2.49 bits per heavy atom. The standard InChI is InChI=1S/C25H42N4O3S2Si/c1-24(2,3)19-15-27-20(32-19)17-33-21-16-28-23(34-21)29(22(30)18-9-11-26-12-10-18)13-14-31-35(7,8)25(4,5)6/h15-16,18,26H,9-14,17H2,1-8H3. The van der Waals surface area contributed by atoms with Crippen molar-refractivity contribution in [1.29, 1.82) is 0 Å². The summed E-state index contributed by atoms with van der Waals surface area (Å²) in [5.74, 6) is 2.43. The van der Waals surface area contributed by atoms with E-state index in [0.29, 0.717) is 24.8 Å². The van der Waals surface area contributed by atoms with Crippen molar-refractivity contribution in [3.8, 4) is 0 Å². The average molecular weight is 539 g/mol. The van der Waals surface area contributed by atoms with Gasteiger partial charge in [-0.3, -0.25) is 9.69 Å². The summed E-state index contributed by atoms with van der Waals surface area (Å²) in [6.45, 7) is 20.4. The van der Waals surface area contributed by atoms with Crippen molar-refractivity contribution in [2.45, 2.75) is 87.9 Å². The number of aromatic nitrogens is 2. The Kier molecular flexibility index (Phi) is 9.29. The molecule has 0 atom stereocenters. The maximum absolute atomic E-state index is 13.5. The van der Waals surface area contributed by atoms with Gasteiger partial charge in [-0.15, -0.1) is 11.8 Å². The first kappa shape index (κ1) is 28.4. The molecular formula is C25H42N4O3S2Si. The van der Waals surface area contributed by atoms with E-state index in [1.165, 1.54) is 0 Å². The molecule has 196 valence electrons. The highest BCUT2D eigenvalue weighted by Gasteiger charge is 2.37. The molecule has 1 amide bonds. The molecule has 0 spiro atoms. The molecule has 0 radical (unpaired) electrons. The highest BCUT2D eigenvalue weighted by molar-refractivity contribution is 8.00. The molecule has 0 aromatic carbocycles. The second kappa shape index (κ2) is 11.5. The number of anilines is 1. The lowest BCUT2D eigenvalue weighted by molar-refractivity contribution is -0.123. The second-order valence-corrected chi connectivity index (χ2v) is 18.8. The molecule has 1 saturated heterocycles. The third-order valence-electron chi connectivity index (χ3n) is 6.87. The third-order valence-corrected chi connectivity index (χ3v) is 13.6. The number of rotatable bonds is 9. The molecule has 10 heteroatoms. The van der Waals surface area contributed by atoms with Crippen LogP contribution in [0.4, 0.5) is 5.13 Å². The van der Waals surface area contributed by atoms with Crippen molar-refractivity contribution in [3.05, 3.63) is 24.0 Å². The van der Waals surface area contributed by atoms with E-state index < -0.39 is 8.32 Å². The predicted octanol–water partition coefficient (Wildman–Crippen LogP) is 6.08. The smallest absolute Gasteiger partial charge is 0.232 e. The Labute approximate surface area is 220 Å². The van der Waals surface area contributed by atoms with Crippen LogP contribution < -0.4 is 10.2 Å². The lowest BCUT2D eigenvalue weighted by Crippen LogP contribution is -2.45. The molecule has 1 aliphatic rings. The van der Waals surface area contributed by atoms with Crippen molar-refractivity contribution in [2.24, 2.45) is 5.92 Å².